The molecule has 27 heavy (non-hydrogen) atoms. The van der Waals surface area contributed by atoms with E-state index in [2.05, 4.69) is 10.6 Å². The maximum absolute atomic E-state index is 12.3. The Hall–Kier alpha value is -2.58. The van der Waals surface area contributed by atoms with Gasteiger partial charge in [-0.1, -0.05) is 23.7 Å². The first-order valence-electron chi connectivity index (χ1n) is 8.06. The van der Waals surface area contributed by atoms with Crippen molar-refractivity contribution in [1.82, 2.24) is 0 Å². The Morgan fingerprint density at radius 3 is 2.52 bits per heavy atom. The Labute approximate surface area is 165 Å². The van der Waals surface area contributed by atoms with Crippen LogP contribution in [0.4, 0.5) is 10.7 Å². The number of anilines is 2. The maximum Gasteiger partial charge on any atom is 0.348 e. The lowest BCUT2D eigenvalue weighted by molar-refractivity contribution is -0.114. The molecule has 1 heterocycles. The monoisotopic (exact) mass is 410 g/mol. The highest BCUT2D eigenvalue weighted by Crippen LogP contribution is 2.34. The molecule has 0 atom stereocenters. The van der Waals surface area contributed by atoms with Gasteiger partial charge >= 0.3 is 11.9 Å². The molecule has 0 spiro atoms. The second-order valence-electron chi connectivity index (χ2n) is 5.35. The number of hydrogen-bond donors (Lipinski definition) is 2. The van der Waals surface area contributed by atoms with E-state index >= 15 is 0 Å². The highest BCUT2D eigenvalue weighted by Gasteiger charge is 2.27. The van der Waals surface area contributed by atoms with Crippen LogP contribution in [0.1, 0.15) is 32.5 Å². The summed E-state index contributed by atoms with van der Waals surface area (Å²) in [6.45, 7) is 3.37. The summed E-state index contributed by atoms with van der Waals surface area (Å²) in [5.41, 5.74) is 1.16. The number of rotatable bonds is 7. The smallest absolute Gasteiger partial charge is 0.348 e. The standard InChI is InChI=1S/C18H19ClN2O5S/c1-4-26-17(23)14-10(2)15(18(24)25-3)27-16(14)21-13(22)9-20-12-8-6-5-7-11(12)19/h5-8,20H,4,9H2,1-3H3,(H,21,22). The van der Waals surface area contributed by atoms with Crippen LogP contribution in [0, 0.1) is 6.92 Å². The van der Waals surface area contributed by atoms with Crippen molar-refractivity contribution in [2.75, 3.05) is 30.9 Å². The third-order valence-corrected chi connectivity index (χ3v) is 5.08. The second-order valence-corrected chi connectivity index (χ2v) is 6.78. The van der Waals surface area contributed by atoms with Gasteiger partial charge in [0, 0.05) is 0 Å². The molecular formula is C18H19ClN2O5S. The largest absolute Gasteiger partial charge is 0.465 e. The molecule has 1 aromatic carbocycles. The molecule has 0 aliphatic heterocycles. The van der Waals surface area contributed by atoms with Crippen LogP contribution in [-0.4, -0.2) is 38.1 Å². The van der Waals surface area contributed by atoms with Crippen molar-refractivity contribution < 1.29 is 23.9 Å². The van der Waals surface area contributed by atoms with Crippen LogP contribution in [0.25, 0.3) is 0 Å². The van der Waals surface area contributed by atoms with Crippen LogP contribution < -0.4 is 10.6 Å². The third-order valence-electron chi connectivity index (χ3n) is 3.56. The highest BCUT2D eigenvalue weighted by molar-refractivity contribution is 7.18. The van der Waals surface area contributed by atoms with E-state index in [0.717, 1.165) is 11.3 Å². The molecule has 0 aliphatic carbocycles. The van der Waals surface area contributed by atoms with Gasteiger partial charge in [-0.2, -0.15) is 0 Å². The topological polar surface area (TPSA) is 93.7 Å². The van der Waals surface area contributed by atoms with Crippen LogP contribution in [0.15, 0.2) is 24.3 Å². The van der Waals surface area contributed by atoms with Gasteiger partial charge in [-0.3, -0.25) is 4.79 Å². The molecule has 2 N–H and O–H groups in total. The molecule has 1 aromatic heterocycles. The fraction of sp³-hybridized carbons (Fsp3) is 0.278. The Morgan fingerprint density at radius 2 is 1.89 bits per heavy atom. The molecule has 2 rings (SSSR count). The lowest BCUT2D eigenvalue weighted by Gasteiger charge is -2.09. The van der Waals surface area contributed by atoms with Gasteiger partial charge < -0.3 is 20.1 Å². The van der Waals surface area contributed by atoms with Crippen molar-refractivity contribution in [3.8, 4) is 0 Å². The lowest BCUT2D eigenvalue weighted by Crippen LogP contribution is -2.22. The molecule has 0 saturated carbocycles. The van der Waals surface area contributed by atoms with E-state index in [0.29, 0.717) is 16.3 Å². The molecule has 144 valence electrons. The van der Waals surface area contributed by atoms with Crippen molar-refractivity contribution in [2.24, 2.45) is 0 Å². The van der Waals surface area contributed by atoms with E-state index in [9.17, 15) is 14.4 Å². The van der Waals surface area contributed by atoms with Gasteiger partial charge in [-0.15, -0.1) is 11.3 Å². The number of methoxy groups -OCH3 is 1. The molecule has 9 heteroatoms. The Bertz CT molecular complexity index is 865. The number of amides is 1. The first-order valence-corrected chi connectivity index (χ1v) is 9.25. The maximum atomic E-state index is 12.3. The highest BCUT2D eigenvalue weighted by atomic mass is 35.5. The number of ether oxygens (including phenoxy) is 2. The first kappa shape index (κ1) is 20.7. The summed E-state index contributed by atoms with van der Waals surface area (Å²) in [6.07, 6.45) is 0. The number of carbonyl (C=O) groups excluding carboxylic acids is 3. The predicted octanol–water partition coefficient (Wildman–Crippen LogP) is 3.72. The normalized spacial score (nSPS) is 10.2. The zero-order valence-electron chi connectivity index (χ0n) is 15.1. The van der Waals surface area contributed by atoms with Crippen LogP contribution in [0.3, 0.4) is 0 Å². The number of benzene rings is 1. The minimum atomic E-state index is -0.615. The number of thiophene rings is 1. The molecular weight excluding hydrogens is 392 g/mol. The molecule has 0 saturated heterocycles. The van der Waals surface area contributed by atoms with Gasteiger partial charge in [0.05, 0.1) is 36.5 Å². The number of para-hydroxylation sites is 1. The molecule has 0 bridgehead atoms. The predicted molar refractivity (Wildman–Crippen MR) is 105 cm³/mol. The summed E-state index contributed by atoms with van der Waals surface area (Å²) in [5.74, 6) is -1.60. The molecule has 0 aliphatic rings. The van der Waals surface area contributed by atoms with Crippen LogP contribution in [-0.2, 0) is 14.3 Å². The Morgan fingerprint density at radius 1 is 1.19 bits per heavy atom. The number of nitrogens with one attached hydrogen (secondary N) is 2. The van der Waals surface area contributed by atoms with Gasteiger partial charge in [0.25, 0.3) is 0 Å². The van der Waals surface area contributed by atoms with Crippen LogP contribution in [0.2, 0.25) is 5.02 Å². The molecule has 0 fully saturated rings. The number of carbonyl (C=O) groups is 3. The number of esters is 2. The van der Waals surface area contributed by atoms with Crippen molar-refractivity contribution in [3.05, 3.63) is 45.3 Å². The van der Waals surface area contributed by atoms with E-state index in [1.165, 1.54) is 7.11 Å². The van der Waals surface area contributed by atoms with Crippen LogP contribution in [0.5, 0.6) is 0 Å². The Balaban J connectivity index is 2.20. The van der Waals surface area contributed by atoms with Crippen molar-refractivity contribution in [3.63, 3.8) is 0 Å². The summed E-state index contributed by atoms with van der Waals surface area (Å²) in [4.78, 5) is 36.7. The average Bonchev–Trinajstić information content (AvgIpc) is 2.96. The summed E-state index contributed by atoms with van der Waals surface area (Å²) in [6, 6.07) is 7.01. The van der Waals surface area contributed by atoms with Crippen molar-refractivity contribution >= 4 is 51.5 Å². The fourth-order valence-corrected chi connectivity index (χ4v) is 3.62. The molecule has 0 radical (unpaired) electrons. The molecule has 7 nitrogen and oxygen atoms in total. The van der Waals surface area contributed by atoms with Gasteiger partial charge in [0.15, 0.2) is 0 Å². The molecule has 1 amide bonds. The number of hydrogen-bond acceptors (Lipinski definition) is 7. The lowest BCUT2D eigenvalue weighted by atomic mass is 10.1. The van der Waals surface area contributed by atoms with Gasteiger partial charge in [0.1, 0.15) is 9.88 Å². The minimum Gasteiger partial charge on any atom is -0.465 e. The van der Waals surface area contributed by atoms with Crippen molar-refractivity contribution in [1.29, 1.82) is 0 Å². The van der Waals surface area contributed by atoms with E-state index in [1.54, 1.807) is 38.1 Å². The summed E-state index contributed by atoms with van der Waals surface area (Å²) < 4.78 is 9.76. The van der Waals surface area contributed by atoms with E-state index in [-0.39, 0.29) is 28.6 Å². The van der Waals surface area contributed by atoms with Gasteiger partial charge in [-0.25, -0.2) is 9.59 Å². The summed E-state index contributed by atoms with van der Waals surface area (Å²) >= 11 is 7.00. The zero-order valence-corrected chi connectivity index (χ0v) is 16.6. The minimum absolute atomic E-state index is 0.0729. The summed E-state index contributed by atoms with van der Waals surface area (Å²) in [7, 11) is 1.25. The van der Waals surface area contributed by atoms with E-state index < -0.39 is 17.8 Å². The SMILES string of the molecule is CCOC(=O)c1c(NC(=O)CNc2ccccc2Cl)sc(C(=O)OC)c1C. The zero-order chi connectivity index (χ0) is 20.0. The third kappa shape index (κ3) is 4.99. The number of halogens is 1. The fourth-order valence-electron chi connectivity index (χ4n) is 2.29. The second kappa shape index (κ2) is 9.38. The molecule has 0 unspecified atom stereocenters. The molecule has 2 aromatic rings. The average molecular weight is 411 g/mol. The summed E-state index contributed by atoms with van der Waals surface area (Å²) in [5, 5.41) is 6.28. The van der Waals surface area contributed by atoms with E-state index in [1.807, 2.05) is 0 Å². The quantitative estimate of drug-likeness (QED) is 0.675. The first-order chi connectivity index (χ1) is 12.9. The van der Waals surface area contributed by atoms with Gasteiger partial charge in [-0.05, 0) is 31.5 Å². The van der Waals surface area contributed by atoms with Crippen LogP contribution >= 0.6 is 22.9 Å². The van der Waals surface area contributed by atoms with E-state index in [4.69, 9.17) is 21.1 Å². The van der Waals surface area contributed by atoms with Crippen molar-refractivity contribution in [2.45, 2.75) is 13.8 Å². The Kier molecular flexibility index (Phi) is 7.20. The van der Waals surface area contributed by atoms with Gasteiger partial charge in [0.2, 0.25) is 5.91 Å².